The summed E-state index contributed by atoms with van der Waals surface area (Å²) in [7, 11) is 0. The average Bonchev–Trinajstić information content (AvgIpc) is 3.52. The fourth-order valence-corrected chi connectivity index (χ4v) is 5.60. The van der Waals surface area contributed by atoms with Crippen molar-refractivity contribution in [1.29, 1.82) is 0 Å². The van der Waals surface area contributed by atoms with Crippen molar-refractivity contribution in [2.75, 3.05) is 45.8 Å². The van der Waals surface area contributed by atoms with Crippen LogP contribution in [0.2, 0.25) is 0 Å². The molecule has 1 aromatic carbocycles. The van der Waals surface area contributed by atoms with E-state index in [4.69, 9.17) is 4.98 Å². The third-order valence-electron chi connectivity index (χ3n) is 6.48. The molecule has 2 saturated heterocycles. The second-order valence-electron chi connectivity index (χ2n) is 8.55. The number of rotatable bonds is 4. The first-order chi connectivity index (χ1) is 14.2. The van der Waals surface area contributed by atoms with Crippen LogP contribution in [0.25, 0.3) is 10.2 Å². The van der Waals surface area contributed by atoms with Gasteiger partial charge in [-0.05, 0) is 50.9 Å². The van der Waals surface area contributed by atoms with E-state index in [0.29, 0.717) is 44.5 Å². The zero-order valence-corrected chi connectivity index (χ0v) is 17.6. The predicted octanol–water partition coefficient (Wildman–Crippen LogP) is 2.56. The van der Waals surface area contributed by atoms with E-state index in [1.807, 2.05) is 27.2 Å². The lowest BCUT2D eigenvalue weighted by Gasteiger charge is -2.37. The summed E-state index contributed by atoms with van der Waals surface area (Å²) in [5.74, 6) is 1.29. The number of thiazole rings is 1. The van der Waals surface area contributed by atoms with Gasteiger partial charge in [-0.1, -0.05) is 12.1 Å². The van der Waals surface area contributed by atoms with Crippen molar-refractivity contribution in [3.8, 4) is 0 Å². The molecule has 1 saturated carbocycles. The molecule has 0 unspecified atom stereocenters. The molecule has 154 valence electrons. The lowest BCUT2D eigenvalue weighted by atomic mass is 9.97. The van der Waals surface area contributed by atoms with Crippen LogP contribution in [0.1, 0.15) is 36.6 Å². The molecule has 2 amide bonds. The van der Waals surface area contributed by atoms with E-state index in [2.05, 4.69) is 23.1 Å². The van der Waals surface area contributed by atoms with Crippen LogP contribution in [0.15, 0.2) is 24.3 Å². The zero-order valence-electron chi connectivity index (χ0n) is 16.8. The molecule has 0 atom stereocenters. The highest BCUT2D eigenvalue weighted by Crippen LogP contribution is 2.34. The first kappa shape index (κ1) is 19.0. The molecular weight excluding hydrogens is 384 g/mol. The molecule has 1 aromatic heterocycles. The molecule has 5 rings (SSSR count). The summed E-state index contributed by atoms with van der Waals surface area (Å²) in [5, 5.41) is 1.24. The number of carbonyl (C=O) groups excluding carboxylic acids is 2. The molecule has 0 radical (unpaired) electrons. The van der Waals surface area contributed by atoms with Crippen LogP contribution in [0.3, 0.4) is 0 Å². The summed E-state index contributed by atoms with van der Waals surface area (Å²) < 4.78 is 1.26. The number of nitrogens with zero attached hydrogens (tertiary/aromatic N) is 4. The molecule has 7 heteroatoms. The van der Waals surface area contributed by atoms with Gasteiger partial charge in [-0.3, -0.25) is 14.5 Å². The minimum Gasteiger partial charge on any atom is -0.339 e. The first-order valence-electron chi connectivity index (χ1n) is 10.8. The second-order valence-corrected chi connectivity index (χ2v) is 9.61. The predicted molar refractivity (Wildman–Crippen MR) is 114 cm³/mol. The Bertz CT molecular complexity index is 860. The number of para-hydroxylation sites is 1. The maximum absolute atomic E-state index is 12.7. The van der Waals surface area contributed by atoms with Crippen LogP contribution in [0.5, 0.6) is 0 Å². The number of likely N-dealkylation sites (tertiary alicyclic amines) is 1. The van der Waals surface area contributed by atoms with Crippen LogP contribution >= 0.6 is 11.3 Å². The Morgan fingerprint density at radius 2 is 1.62 bits per heavy atom. The maximum Gasteiger partial charge on any atom is 0.236 e. The van der Waals surface area contributed by atoms with Gasteiger partial charge < -0.3 is 9.80 Å². The SMILES string of the molecule is O=C(CN1CCC(c2nc3ccccc3s2)CC1)N1CCN(C(=O)C2CC2)CC1. The summed E-state index contributed by atoms with van der Waals surface area (Å²) in [6.45, 7) is 5.16. The van der Waals surface area contributed by atoms with Crippen LogP contribution in [-0.2, 0) is 9.59 Å². The van der Waals surface area contributed by atoms with Gasteiger partial charge in [-0.2, -0.15) is 0 Å². The molecule has 2 aliphatic heterocycles. The number of amides is 2. The largest absolute Gasteiger partial charge is 0.339 e. The van der Waals surface area contributed by atoms with E-state index in [0.717, 1.165) is 44.3 Å². The van der Waals surface area contributed by atoms with E-state index >= 15 is 0 Å². The van der Waals surface area contributed by atoms with Gasteiger partial charge in [0, 0.05) is 38.0 Å². The highest BCUT2D eigenvalue weighted by Gasteiger charge is 2.35. The van der Waals surface area contributed by atoms with Crippen molar-refractivity contribution in [3.63, 3.8) is 0 Å². The van der Waals surface area contributed by atoms with Crippen molar-refractivity contribution in [3.05, 3.63) is 29.3 Å². The fraction of sp³-hybridized carbons (Fsp3) is 0.591. The molecule has 3 fully saturated rings. The van der Waals surface area contributed by atoms with E-state index in [-0.39, 0.29) is 11.8 Å². The number of fused-ring (bicyclic) bond motifs is 1. The Balaban J connectivity index is 1.09. The van der Waals surface area contributed by atoms with Gasteiger partial charge in [-0.15, -0.1) is 11.3 Å². The van der Waals surface area contributed by atoms with Crippen LogP contribution < -0.4 is 0 Å². The quantitative estimate of drug-likeness (QED) is 0.775. The standard InChI is InChI=1S/C22H28N4O2S/c27-20(25-11-13-26(14-12-25)22(28)17-5-6-17)15-24-9-7-16(8-10-24)21-23-18-3-1-2-4-19(18)29-21/h1-4,16-17H,5-15H2. The number of hydrogen-bond donors (Lipinski definition) is 0. The zero-order chi connectivity index (χ0) is 19.8. The number of hydrogen-bond acceptors (Lipinski definition) is 5. The molecule has 0 spiro atoms. The van der Waals surface area contributed by atoms with Crippen LogP contribution in [0.4, 0.5) is 0 Å². The first-order valence-corrected chi connectivity index (χ1v) is 11.6. The summed E-state index contributed by atoms with van der Waals surface area (Å²) in [5.41, 5.74) is 1.10. The monoisotopic (exact) mass is 412 g/mol. The summed E-state index contributed by atoms with van der Waals surface area (Å²) in [6.07, 6.45) is 4.23. The Morgan fingerprint density at radius 3 is 2.31 bits per heavy atom. The Kier molecular flexibility index (Phi) is 5.26. The summed E-state index contributed by atoms with van der Waals surface area (Å²) in [4.78, 5) is 35.9. The van der Waals surface area contributed by atoms with Crippen molar-refractivity contribution in [2.24, 2.45) is 5.92 Å². The Hall–Kier alpha value is -1.99. The molecule has 0 N–H and O–H groups in total. The Morgan fingerprint density at radius 1 is 0.931 bits per heavy atom. The Labute approximate surface area is 175 Å². The third kappa shape index (κ3) is 4.16. The molecule has 2 aromatic rings. The molecule has 6 nitrogen and oxygen atoms in total. The third-order valence-corrected chi connectivity index (χ3v) is 7.68. The lowest BCUT2D eigenvalue weighted by Crippen LogP contribution is -2.53. The van der Waals surface area contributed by atoms with Gasteiger partial charge in [0.1, 0.15) is 0 Å². The van der Waals surface area contributed by atoms with E-state index in [9.17, 15) is 9.59 Å². The van der Waals surface area contributed by atoms with Gasteiger partial charge >= 0.3 is 0 Å². The van der Waals surface area contributed by atoms with E-state index in [1.165, 1.54) is 9.71 Å². The fourth-order valence-electron chi connectivity index (χ4n) is 4.46. The van der Waals surface area contributed by atoms with Crippen LogP contribution in [-0.4, -0.2) is 77.3 Å². The molecule has 0 bridgehead atoms. The van der Waals surface area contributed by atoms with Crippen molar-refractivity contribution in [1.82, 2.24) is 19.7 Å². The highest BCUT2D eigenvalue weighted by atomic mass is 32.1. The number of benzene rings is 1. The number of carbonyl (C=O) groups is 2. The van der Waals surface area contributed by atoms with E-state index < -0.39 is 0 Å². The molecule has 3 heterocycles. The molecule has 3 aliphatic rings. The van der Waals surface area contributed by atoms with Crippen molar-refractivity contribution in [2.45, 2.75) is 31.6 Å². The number of aromatic nitrogens is 1. The van der Waals surface area contributed by atoms with Gasteiger partial charge in [0.15, 0.2) is 0 Å². The number of piperazine rings is 1. The molecule has 29 heavy (non-hydrogen) atoms. The average molecular weight is 413 g/mol. The van der Waals surface area contributed by atoms with Gasteiger partial charge in [0.05, 0.1) is 21.8 Å². The summed E-state index contributed by atoms with van der Waals surface area (Å²) in [6, 6.07) is 8.34. The maximum atomic E-state index is 12.7. The minimum absolute atomic E-state index is 0.210. The molecular formula is C22H28N4O2S. The van der Waals surface area contributed by atoms with Gasteiger partial charge in [0.2, 0.25) is 11.8 Å². The number of piperidine rings is 1. The topological polar surface area (TPSA) is 56.8 Å². The highest BCUT2D eigenvalue weighted by molar-refractivity contribution is 7.18. The van der Waals surface area contributed by atoms with Crippen LogP contribution in [0, 0.1) is 5.92 Å². The second kappa shape index (κ2) is 8.03. The smallest absolute Gasteiger partial charge is 0.236 e. The van der Waals surface area contributed by atoms with E-state index in [1.54, 1.807) is 0 Å². The molecule has 1 aliphatic carbocycles. The van der Waals surface area contributed by atoms with Crippen molar-refractivity contribution < 1.29 is 9.59 Å². The summed E-state index contributed by atoms with van der Waals surface area (Å²) >= 11 is 1.81. The van der Waals surface area contributed by atoms with Crippen molar-refractivity contribution >= 4 is 33.4 Å². The van der Waals surface area contributed by atoms with Gasteiger partial charge in [0.25, 0.3) is 0 Å². The van der Waals surface area contributed by atoms with Gasteiger partial charge in [-0.25, -0.2) is 4.98 Å². The minimum atomic E-state index is 0.210. The lowest BCUT2D eigenvalue weighted by molar-refractivity contribution is -0.141. The normalized spacial score (nSPS) is 21.7.